The smallest absolute Gasteiger partial charge is 0.171 e. The first-order chi connectivity index (χ1) is 12.5. The van der Waals surface area contributed by atoms with Gasteiger partial charge in [0.25, 0.3) is 0 Å². The highest BCUT2D eigenvalue weighted by Gasteiger charge is 2.25. The van der Waals surface area contributed by atoms with E-state index < -0.39 is 0 Å². The lowest BCUT2D eigenvalue weighted by molar-refractivity contribution is 0.172. The number of nitrogens with zero attached hydrogens (tertiary/aromatic N) is 3. The Labute approximate surface area is 161 Å². The van der Waals surface area contributed by atoms with Gasteiger partial charge in [0.15, 0.2) is 5.11 Å². The van der Waals surface area contributed by atoms with Crippen LogP contribution < -0.4 is 10.6 Å². The number of pyridine rings is 1. The third kappa shape index (κ3) is 4.01. The molecule has 0 aliphatic carbocycles. The monoisotopic (exact) mass is 373 g/mol. The van der Waals surface area contributed by atoms with E-state index in [9.17, 15) is 0 Å². The van der Waals surface area contributed by atoms with Crippen LogP contribution in [0, 0.1) is 0 Å². The molecule has 0 aromatic carbocycles. The van der Waals surface area contributed by atoms with Crippen molar-refractivity contribution in [3.63, 3.8) is 0 Å². The van der Waals surface area contributed by atoms with Crippen LogP contribution in [0.1, 0.15) is 57.9 Å². The number of thiocarbonyl (C=S) groups is 1. The summed E-state index contributed by atoms with van der Waals surface area (Å²) in [7, 11) is 0. The average Bonchev–Trinajstić information content (AvgIpc) is 3.05. The number of nitrogens with one attached hydrogen (secondary N) is 1. The molecule has 142 valence electrons. The largest absolute Gasteiger partial charge is 0.376 e. The number of aromatic amines is 1. The summed E-state index contributed by atoms with van der Waals surface area (Å²) in [5.41, 5.74) is 9.46. The Balaban J connectivity index is 1.85. The maximum atomic E-state index is 5.96. The minimum atomic E-state index is 0.396. The molecule has 5 nitrogen and oxygen atoms in total. The van der Waals surface area contributed by atoms with E-state index in [0.29, 0.717) is 17.1 Å². The lowest BCUT2D eigenvalue weighted by atomic mass is 9.90. The summed E-state index contributed by atoms with van der Waals surface area (Å²) < 4.78 is 0. The van der Waals surface area contributed by atoms with Crippen LogP contribution in [-0.4, -0.2) is 45.7 Å². The van der Waals surface area contributed by atoms with Crippen LogP contribution in [0.2, 0.25) is 0 Å². The quantitative estimate of drug-likeness (QED) is 0.750. The lowest BCUT2D eigenvalue weighted by Crippen LogP contribution is -2.38. The van der Waals surface area contributed by atoms with Crippen molar-refractivity contribution in [3.8, 4) is 0 Å². The molecule has 0 bridgehead atoms. The second-order valence-electron chi connectivity index (χ2n) is 7.56. The van der Waals surface area contributed by atoms with Crippen LogP contribution in [0.15, 0.2) is 18.3 Å². The number of rotatable bonds is 6. The molecule has 6 heteroatoms. The van der Waals surface area contributed by atoms with Crippen molar-refractivity contribution in [2.75, 3.05) is 24.5 Å². The minimum absolute atomic E-state index is 0.396. The number of piperidine rings is 1. The third-order valence-corrected chi connectivity index (χ3v) is 5.74. The van der Waals surface area contributed by atoms with Crippen LogP contribution in [0.25, 0.3) is 11.0 Å². The fraction of sp³-hybridized carbons (Fsp3) is 0.600. The number of nitrogens with two attached hydrogens (primary N) is 1. The number of fused-ring (bicyclic) bond motifs is 1. The number of hydrogen-bond acceptors (Lipinski definition) is 3. The molecule has 0 saturated carbocycles. The van der Waals surface area contributed by atoms with Gasteiger partial charge in [-0.05, 0) is 82.0 Å². The van der Waals surface area contributed by atoms with Gasteiger partial charge in [0, 0.05) is 18.8 Å². The van der Waals surface area contributed by atoms with Gasteiger partial charge in [-0.15, -0.1) is 0 Å². The first-order valence-corrected chi connectivity index (χ1v) is 10.2. The predicted molar refractivity (Wildman–Crippen MR) is 114 cm³/mol. The molecule has 0 radical (unpaired) electrons. The van der Waals surface area contributed by atoms with E-state index in [1.807, 2.05) is 11.0 Å². The molecule has 2 aromatic rings. The standard InChI is InChI=1S/C20H31N5S/c1-4-5-10-25(20(21)26)18-7-6-17-19(23-18)16(13-22-17)15-8-11-24(12-9-15)14(2)3/h6-7,13-15,22H,4-5,8-12H2,1-3H3,(H2,21,26). The zero-order valence-corrected chi connectivity index (χ0v) is 17.0. The van der Waals surface area contributed by atoms with E-state index in [-0.39, 0.29) is 0 Å². The summed E-state index contributed by atoms with van der Waals surface area (Å²) in [5, 5.41) is 0.396. The zero-order valence-electron chi connectivity index (χ0n) is 16.2. The maximum Gasteiger partial charge on any atom is 0.171 e. The molecule has 0 unspecified atom stereocenters. The molecule has 0 spiro atoms. The van der Waals surface area contributed by atoms with Crippen LogP contribution in [0.4, 0.5) is 5.82 Å². The van der Waals surface area contributed by atoms with Crippen molar-refractivity contribution in [1.82, 2.24) is 14.9 Å². The van der Waals surface area contributed by atoms with Crippen molar-refractivity contribution < 1.29 is 0 Å². The lowest BCUT2D eigenvalue weighted by Gasteiger charge is -2.34. The van der Waals surface area contributed by atoms with Crippen LogP contribution >= 0.6 is 12.2 Å². The number of likely N-dealkylation sites (tertiary alicyclic amines) is 1. The van der Waals surface area contributed by atoms with E-state index in [4.69, 9.17) is 22.9 Å². The zero-order chi connectivity index (χ0) is 18.7. The van der Waals surface area contributed by atoms with Crippen molar-refractivity contribution in [2.24, 2.45) is 5.73 Å². The summed E-state index contributed by atoms with van der Waals surface area (Å²) >= 11 is 5.26. The second-order valence-corrected chi connectivity index (χ2v) is 7.98. The molecule has 3 rings (SSSR count). The van der Waals surface area contributed by atoms with E-state index in [2.05, 4.69) is 42.9 Å². The fourth-order valence-corrected chi connectivity index (χ4v) is 4.04. The Morgan fingerprint density at radius 1 is 1.38 bits per heavy atom. The van der Waals surface area contributed by atoms with E-state index in [1.54, 1.807) is 0 Å². The second kappa shape index (κ2) is 8.35. The maximum absolute atomic E-state index is 5.96. The topological polar surface area (TPSA) is 61.2 Å². The van der Waals surface area contributed by atoms with Crippen molar-refractivity contribution in [2.45, 2.75) is 58.4 Å². The highest BCUT2D eigenvalue weighted by atomic mass is 32.1. The molecular formula is C20H31N5S. The predicted octanol–water partition coefficient (Wildman–Crippen LogP) is 4.00. The molecule has 3 N–H and O–H groups in total. The fourth-order valence-electron chi connectivity index (χ4n) is 3.85. The first kappa shape index (κ1) is 19.1. The summed E-state index contributed by atoms with van der Waals surface area (Å²) in [5.74, 6) is 1.43. The Morgan fingerprint density at radius 2 is 2.12 bits per heavy atom. The van der Waals surface area contributed by atoms with Crippen LogP contribution in [-0.2, 0) is 0 Å². The molecule has 26 heavy (non-hydrogen) atoms. The Kier molecular flexibility index (Phi) is 6.14. The Bertz CT molecular complexity index is 746. The summed E-state index contributed by atoms with van der Waals surface area (Å²) in [6.45, 7) is 9.86. The van der Waals surface area contributed by atoms with E-state index in [1.165, 1.54) is 18.4 Å². The molecule has 1 aliphatic heterocycles. The van der Waals surface area contributed by atoms with Crippen LogP contribution in [0.3, 0.4) is 0 Å². The van der Waals surface area contributed by atoms with Gasteiger partial charge in [0.05, 0.1) is 11.0 Å². The van der Waals surface area contributed by atoms with Gasteiger partial charge in [0.2, 0.25) is 0 Å². The van der Waals surface area contributed by atoms with Crippen LogP contribution in [0.5, 0.6) is 0 Å². The molecule has 1 saturated heterocycles. The van der Waals surface area contributed by atoms with Crippen molar-refractivity contribution in [1.29, 1.82) is 0 Å². The molecular weight excluding hydrogens is 342 g/mol. The van der Waals surface area contributed by atoms with Gasteiger partial charge < -0.3 is 20.5 Å². The summed E-state index contributed by atoms with van der Waals surface area (Å²) in [6, 6.07) is 4.74. The average molecular weight is 374 g/mol. The highest BCUT2D eigenvalue weighted by molar-refractivity contribution is 7.80. The van der Waals surface area contributed by atoms with Crippen molar-refractivity contribution >= 4 is 34.2 Å². The number of anilines is 1. The Morgan fingerprint density at radius 3 is 2.73 bits per heavy atom. The molecule has 1 fully saturated rings. The molecule has 3 heterocycles. The molecule has 1 aliphatic rings. The summed E-state index contributed by atoms with van der Waals surface area (Å²) in [4.78, 5) is 12.9. The third-order valence-electron chi connectivity index (χ3n) is 5.51. The molecule has 0 atom stereocenters. The number of H-pyrrole nitrogens is 1. The molecule has 2 aromatic heterocycles. The number of aromatic nitrogens is 2. The first-order valence-electron chi connectivity index (χ1n) is 9.80. The van der Waals surface area contributed by atoms with Gasteiger partial charge in [0.1, 0.15) is 5.82 Å². The highest BCUT2D eigenvalue weighted by Crippen LogP contribution is 2.33. The SMILES string of the molecule is CCCCN(C(N)=S)c1ccc2[nH]cc(C3CCN(C(C)C)CC3)c2n1. The van der Waals surface area contributed by atoms with Gasteiger partial charge in [-0.2, -0.15) is 0 Å². The molecule has 0 amide bonds. The van der Waals surface area contributed by atoms with Gasteiger partial charge in [-0.3, -0.25) is 0 Å². The number of hydrogen-bond donors (Lipinski definition) is 2. The summed E-state index contributed by atoms with van der Waals surface area (Å²) in [6.07, 6.45) is 6.67. The van der Waals surface area contributed by atoms with Gasteiger partial charge in [-0.1, -0.05) is 13.3 Å². The van der Waals surface area contributed by atoms with Gasteiger partial charge in [-0.25, -0.2) is 4.98 Å². The van der Waals surface area contributed by atoms with Crippen molar-refractivity contribution in [3.05, 3.63) is 23.9 Å². The Hall–Kier alpha value is -1.66. The minimum Gasteiger partial charge on any atom is -0.376 e. The van der Waals surface area contributed by atoms with E-state index >= 15 is 0 Å². The number of unbranched alkanes of at least 4 members (excludes halogenated alkanes) is 1. The van der Waals surface area contributed by atoms with E-state index in [0.717, 1.165) is 49.3 Å². The van der Waals surface area contributed by atoms with Gasteiger partial charge >= 0.3 is 0 Å². The normalized spacial score (nSPS) is 16.5.